The van der Waals surface area contributed by atoms with Gasteiger partial charge < -0.3 is 31.3 Å². The first-order valence-electron chi connectivity index (χ1n) is 18.5. The SMILES string of the molecule is NC(=O)C(=O)N(Cc1ccc(C(F)(F)F)cn1)C1CCC1.Nc1ncc(NC(=O)C(=O)N(Cc2ccc(C(F)(F)F)cn2)C2CCC2)c2nn(C3CCCCO3)cc12. The van der Waals surface area contributed by atoms with Gasteiger partial charge in [0.05, 0.1) is 52.9 Å². The molecule has 2 aliphatic carbocycles. The Labute approximate surface area is 327 Å². The third-order valence-electron chi connectivity index (χ3n) is 10.2. The Hall–Kier alpha value is -5.86. The van der Waals surface area contributed by atoms with Crippen LogP contribution in [0.2, 0.25) is 0 Å². The molecule has 0 spiro atoms. The van der Waals surface area contributed by atoms with E-state index < -0.39 is 47.1 Å². The highest BCUT2D eigenvalue weighted by Crippen LogP contribution is 2.33. The molecule has 5 heterocycles. The van der Waals surface area contributed by atoms with Gasteiger partial charge in [-0.25, -0.2) is 9.67 Å². The van der Waals surface area contributed by atoms with Gasteiger partial charge in [0, 0.05) is 37.3 Å². The summed E-state index contributed by atoms with van der Waals surface area (Å²) in [5.74, 6) is -3.40. The number of nitrogens with one attached hydrogen (secondary N) is 1. The number of pyridine rings is 3. The fourth-order valence-electron chi connectivity index (χ4n) is 6.51. The van der Waals surface area contributed by atoms with Crippen molar-refractivity contribution in [3.63, 3.8) is 0 Å². The lowest BCUT2D eigenvalue weighted by Crippen LogP contribution is -2.48. The summed E-state index contributed by atoms with van der Waals surface area (Å²) in [6.45, 7) is 0.514. The average Bonchev–Trinajstić information content (AvgIpc) is 3.61. The molecule has 0 bridgehead atoms. The molecule has 4 aromatic heterocycles. The van der Waals surface area contributed by atoms with Gasteiger partial charge in [-0.1, -0.05) is 0 Å². The van der Waals surface area contributed by atoms with E-state index in [1.165, 1.54) is 28.1 Å². The standard InChI is InChI=1S/C24H26F3N7O3.C13H14F3N3O2/c25-24(26,27)14-7-8-15(29-10-14)12-33(16-4-3-5-16)23(36)22(35)31-18-11-30-21(28)17-13-34(32-20(17)18)19-6-1-2-9-37-19;14-13(15,16)8-4-5-9(18-6-8)7-19(10-2-1-3-10)12(21)11(17)20/h7-8,10-11,13,16,19H,1-6,9,12H2,(H2,28,30)(H,31,35);4-6,10H,1-3,7H2,(H2,17,20). The van der Waals surface area contributed by atoms with Crippen LogP contribution in [0.4, 0.5) is 37.8 Å². The number of rotatable bonds is 8. The van der Waals surface area contributed by atoms with E-state index in [1.807, 2.05) is 0 Å². The minimum absolute atomic E-state index is 0.0232. The first-order chi connectivity index (χ1) is 27.5. The van der Waals surface area contributed by atoms with Crippen molar-refractivity contribution in [2.24, 2.45) is 5.73 Å². The van der Waals surface area contributed by atoms with Gasteiger partial charge in [0.15, 0.2) is 0 Å². The lowest BCUT2D eigenvalue weighted by atomic mass is 9.91. The van der Waals surface area contributed by atoms with E-state index in [0.29, 0.717) is 36.5 Å². The minimum Gasteiger partial charge on any atom is -0.383 e. The molecule has 15 nitrogen and oxygen atoms in total. The van der Waals surface area contributed by atoms with Crippen LogP contribution >= 0.6 is 0 Å². The van der Waals surface area contributed by atoms with E-state index >= 15 is 0 Å². The first kappa shape index (κ1) is 41.8. The number of amides is 4. The number of ether oxygens (including phenoxy) is 1. The van der Waals surface area contributed by atoms with Crippen LogP contribution in [0.3, 0.4) is 0 Å². The quantitative estimate of drug-likeness (QED) is 0.158. The Morgan fingerprint density at radius 2 is 1.31 bits per heavy atom. The number of nitrogens with two attached hydrogens (primary N) is 2. The lowest BCUT2D eigenvalue weighted by molar-refractivity contribution is -0.147. The molecule has 4 aromatic rings. The van der Waals surface area contributed by atoms with Crippen LogP contribution in [0.15, 0.2) is 49.1 Å². The molecule has 3 aliphatic rings. The predicted octanol–water partition coefficient (Wildman–Crippen LogP) is 5.11. The molecule has 3 fully saturated rings. The van der Waals surface area contributed by atoms with Crippen LogP contribution in [-0.4, -0.2) is 76.9 Å². The maximum absolute atomic E-state index is 13.2. The largest absolute Gasteiger partial charge is 0.417 e. The van der Waals surface area contributed by atoms with Gasteiger partial charge >= 0.3 is 36.0 Å². The second kappa shape index (κ2) is 17.3. The zero-order chi connectivity index (χ0) is 41.8. The van der Waals surface area contributed by atoms with Gasteiger partial charge in [0.1, 0.15) is 17.6 Å². The maximum atomic E-state index is 13.2. The van der Waals surface area contributed by atoms with Crippen LogP contribution in [0, 0.1) is 0 Å². The van der Waals surface area contributed by atoms with Crippen LogP contribution in [0.5, 0.6) is 0 Å². The summed E-state index contributed by atoms with van der Waals surface area (Å²) in [7, 11) is 0. The van der Waals surface area contributed by atoms with Crippen molar-refractivity contribution in [3.05, 3.63) is 71.6 Å². The van der Waals surface area contributed by atoms with Gasteiger partial charge in [-0.3, -0.25) is 29.1 Å². The summed E-state index contributed by atoms with van der Waals surface area (Å²) >= 11 is 0. The first-order valence-corrected chi connectivity index (χ1v) is 18.5. The number of halogens is 6. The van der Waals surface area contributed by atoms with Gasteiger partial charge in [-0.15, -0.1) is 0 Å². The summed E-state index contributed by atoms with van der Waals surface area (Å²) in [5, 5.41) is 7.65. The molecule has 1 saturated heterocycles. The number of nitrogen functional groups attached to an aromatic ring is 1. The molecule has 58 heavy (non-hydrogen) atoms. The van der Waals surface area contributed by atoms with Gasteiger partial charge in [-0.05, 0) is 82.1 Å². The number of primary amides is 1. The summed E-state index contributed by atoms with van der Waals surface area (Å²) in [6, 6.07) is 3.92. The molecule has 0 aromatic carbocycles. The topological polar surface area (TPSA) is 205 Å². The van der Waals surface area contributed by atoms with E-state index in [-0.39, 0.29) is 54.3 Å². The smallest absolute Gasteiger partial charge is 0.383 e. The molecule has 21 heteroatoms. The molecule has 0 radical (unpaired) electrons. The van der Waals surface area contributed by atoms with Gasteiger partial charge in [-0.2, -0.15) is 31.4 Å². The molecule has 1 unspecified atom stereocenters. The van der Waals surface area contributed by atoms with E-state index in [1.54, 1.807) is 10.9 Å². The summed E-state index contributed by atoms with van der Waals surface area (Å²) in [5.41, 5.74) is 10.4. The number of aromatic nitrogens is 5. The number of anilines is 2. The fourth-order valence-corrected chi connectivity index (χ4v) is 6.51. The lowest BCUT2D eigenvalue weighted by Gasteiger charge is -2.37. The van der Waals surface area contributed by atoms with Crippen molar-refractivity contribution in [3.8, 4) is 0 Å². The van der Waals surface area contributed by atoms with Crippen LogP contribution in [0.25, 0.3) is 10.9 Å². The molecule has 310 valence electrons. The normalized spacial score (nSPS) is 17.3. The zero-order valence-electron chi connectivity index (χ0n) is 30.9. The number of nitrogens with zero attached hydrogens (tertiary/aromatic N) is 7. The highest BCUT2D eigenvalue weighted by Gasteiger charge is 2.36. The van der Waals surface area contributed by atoms with Crippen LogP contribution in [-0.2, 0) is 49.4 Å². The van der Waals surface area contributed by atoms with Crippen molar-refractivity contribution >= 4 is 46.0 Å². The average molecular weight is 819 g/mol. The zero-order valence-corrected chi connectivity index (χ0v) is 30.9. The molecule has 1 atom stereocenters. The minimum atomic E-state index is -4.51. The van der Waals surface area contributed by atoms with Crippen molar-refractivity contribution < 1.29 is 50.3 Å². The Kier molecular flexibility index (Phi) is 12.5. The third-order valence-corrected chi connectivity index (χ3v) is 10.2. The molecule has 1 aliphatic heterocycles. The van der Waals surface area contributed by atoms with Crippen molar-refractivity contribution in [2.75, 3.05) is 17.7 Å². The number of fused-ring (bicyclic) bond motifs is 1. The Balaban J connectivity index is 0.000000229. The number of carbonyl (C=O) groups excluding carboxylic acids is 4. The van der Waals surface area contributed by atoms with Gasteiger partial charge in [0.25, 0.3) is 0 Å². The van der Waals surface area contributed by atoms with E-state index in [2.05, 4.69) is 25.4 Å². The van der Waals surface area contributed by atoms with Crippen LogP contribution in [0.1, 0.15) is 86.5 Å². The molecule has 5 N–H and O–H groups in total. The molecular formula is C37H40F6N10O5. The van der Waals surface area contributed by atoms with E-state index in [4.69, 9.17) is 16.2 Å². The monoisotopic (exact) mass is 818 g/mol. The van der Waals surface area contributed by atoms with Gasteiger partial charge in [0.2, 0.25) is 0 Å². The number of carbonyl (C=O) groups is 4. The highest BCUT2D eigenvalue weighted by molar-refractivity contribution is 6.40. The molecule has 7 rings (SSSR count). The molecule has 4 amide bonds. The maximum Gasteiger partial charge on any atom is 0.417 e. The molecular weight excluding hydrogens is 778 g/mol. The highest BCUT2D eigenvalue weighted by atomic mass is 19.4. The van der Waals surface area contributed by atoms with E-state index in [0.717, 1.165) is 63.3 Å². The number of hydrogen-bond acceptors (Lipinski definition) is 10. The van der Waals surface area contributed by atoms with Crippen molar-refractivity contribution in [1.82, 2.24) is 34.5 Å². The second-order valence-electron chi connectivity index (χ2n) is 14.2. The Morgan fingerprint density at radius 1 is 0.759 bits per heavy atom. The third kappa shape index (κ3) is 9.80. The number of hydrogen-bond donors (Lipinski definition) is 3. The number of alkyl halides is 6. The predicted molar refractivity (Wildman–Crippen MR) is 193 cm³/mol. The van der Waals surface area contributed by atoms with Crippen molar-refractivity contribution in [1.29, 1.82) is 0 Å². The summed E-state index contributed by atoms with van der Waals surface area (Å²) in [4.78, 5) is 63.3. The Morgan fingerprint density at radius 3 is 1.74 bits per heavy atom. The Bertz CT molecular complexity index is 2110. The molecule has 2 saturated carbocycles. The van der Waals surface area contributed by atoms with E-state index in [9.17, 15) is 45.5 Å². The second-order valence-corrected chi connectivity index (χ2v) is 14.2. The summed E-state index contributed by atoms with van der Waals surface area (Å²) < 4.78 is 83.4. The summed E-state index contributed by atoms with van der Waals surface area (Å²) in [6.07, 6.45) is 2.74. The fraction of sp³-hybridized carbons (Fsp3) is 0.459. The van der Waals surface area contributed by atoms with Crippen LogP contribution < -0.4 is 16.8 Å². The van der Waals surface area contributed by atoms with Crippen molar-refractivity contribution in [2.45, 2.75) is 102 Å².